The Labute approximate surface area is 176 Å². The number of morpholine rings is 1. The molecule has 5 nitrogen and oxygen atoms in total. The highest BCUT2D eigenvalue weighted by Crippen LogP contribution is 2.31. The quantitative estimate of drug-likeness (QED) is 0.598. The number of rotatable bonds is 9. The van der Waals surface area contributed by atoms with Crippen LogP contribution in [0.2, 0.25) is 10.0 Å². The number of nitrogens with two attached hydrogens (primary N) is 1. The molecule has 1 saturated heterocycles. The van der Waals surface area contributed by atoms with E-state index >= 15 is 0 Å². The molecule has 0 spiro atoms. The topological polar surface area (TPSA) is 48.7 Å². The summed E-state index contributed by atoms with van der Waals surface area (Å²) in [5, 5.41) is 3.53. The summed E-state index contributed by atoms with van der Waals surface area (Å²) < 4.78 is 16.8. The fourth-order valence-electron chi connectivity index (χ4n) is 3.26. The standard InChI is InChI=1S/C21H26Cl2N2O3/c1-26-21-13-16(14-24-7-8-25-9-11-27-12-10-25)5-6-20(21)28-15-17-18(22)3-2-4-19(17)23/h2-6,13,24H,7-12,14-15H2,1H3/p+2. The monoisotopic (exact) mass is 426 g/mol. The van der Waals surface area contributed by atoms with Gasteiger partial charge in [0.05, 0.1) is 20.3 Å². The van der Waals surface area contributed by atoms with Gasteiger partial charge in [-0.25, -0.2) is 0 Å². The molecule has 2 aromatic carbocycles. The number of nitrogens with one attached hydrogen (secondary N) is 1. The molecule has 0 unspecified atom stereocenters. The molecule has 28 heavy (non-hydrogen) atoms. The van der Waals surface area contributed by atoms with Gasteiger partial charge in [-0.1, -0.05) is 29.3 Å². The number of halogens is 2. The first kappa shape index (κ1) is 21.2. The van der Waals surface area contributed by atoms with Crippen LogP contribution in [0, 0.1) is 0 Å². The van der Waals surface area contributed by atoms with Gasteiger partial charge in [-0.15, -0.1) is 0 Å². The van der Waals surface area contributed by atoms with Crippen molar-refractivity contribution in [3.05, 3.63) is 57.6 Å². The van der Waals surface area contributed by atoms with Crippen LogP contribution in [0.15, 0.2) is 36.4 Å². The summed E-state index contributed by atoms with van der Waals surface area (Å²) in [6.45, 7) is 7.47. The molecular weight excluding hydrogens is 399 g/mol. The van der Waals surface area contributed by atoms with E-state index in [1.54, 1.807) is 24.1 Å². The van der Waals surface area contributed by atoms with E-state index in [4.69, 9.17) is 37.4 Å². The summed E-state index contributed by atoms with van der Waals surface area (Å²) >= 11 is 12.4. The Hall–Kier alpha value is -1.50. The largest absolute Gasteiger partial charge is 0.493 e. The molecule has 1 aliphatic heterocycles. The fraction of sp³-hybridized carbons (Fsp3) is 0.429. The zero-order chi connectivity index (χ0) is 19.8. The van der Waals surface area contributed by atoms with Crippen LogP contribution in [0.1, 0.15) is 11.1 Å². The van der Waals surface area contributed by atoms with Gasteiger partial charge in [0.25, 0.3) is 0 Å². The van der Waals surface area contributed by atoms with Crippen LogP contribution in [-0.2, 0) is 17.9 Å². The van der Waals surface area contributed by atoms with Crippen molar-refractivity contribution in [2.45, 2.75) is 13.2 Å². The minimum Gasteiger partial charge on any atom is -0.493 e. The molecule has 0 aromatic heterocycles. The van der Waals surface area contributed by atoms with E-state index in [2.05, 4.69) is 11.4 Å². The van der Waals surface area contributed by atoms with Gasteiger partial charge in [-0.2, -0.15) is 0 Å². The van der Waals surface area contributed by atoms with Crippen LogP contribution in [0.3, 0.4) is 0 Å². The van der Waals surface area contributed by atoms with Crippen molar-refractivity contribution in [2.24, 2.45) is 0 Å². The van der Waals surface area contributed by atoms with Crippen LogP contribution < -0.4 is 19.7 Å². The summed E-state index contributed by atoms with van der Waals surface area (Å²) in [6, 6.07) is 11.5. The summed E-state index contributed by atoms with van der Waals surface area (Å²) in [5.74, 6) is 1.40. The van der Waals surface area contributed by atoms with Crippen molar-refractivity contribution < 1.29 is 24.4 Å². The molecular formula is C21H28Cl2N2O3+2. The molecule has 0 aliphatic carbocycles. The van der Waals surface area contributed by atoms with Gasteiger partial charge in [0, 0.05) is 21.2 Å². The van der Waals surface area contributed by atoms with Crippen molar-refractivity contribution in [1.82, 2.24) is 0 Å². The van der Waals surface area contributed by atoms with Gasteiger partial charge in [-0.05, 0) is 30.3 Å². The predicted molar refractivity (Wildman–Crippen MR) is 111 cm³/mol. The maximum atomic E-state index is 6.21. The van der Waals surface area contributed by atoms with Gasteiger partial charge in [0.1, 0.15) is 39.3 Å². The molecule has 0 radical (unpaired) electrons. The highest BCUT2D eigenvalue weighted by molar-refractivity contribution is 6.35. The molecule has 0 saturated carbocycles. The predicted octanol–water partition coefficient (Wildman–Crippen LogP) is 1.56. The minimum absolute atomic E-state index is 0.294. The van der Waals surface area contributed by atoms with Crippen LogP contribution in [0.25, 0.3) is 0 Å². The molecule has 7 heteroatoms. The van der Waals surface area contributed by atoms with E-state index < -0.39 is 0 Å². The Bertz CT molecular complexity index is 747. The third-order valence-corrected chi connectivity index (χ3v) is 5.65. The third-order valence-electron chi connectivity index (χ3n) is 4.94. The molecule has 3 rings (SSSR count). The van der Waals surface area contributed by atoms with Crippen molar-refractivity contribution in [1.29, 1.82) is 0 Å². The lowest BCUT2D eigenvalue weighted by Gasteiger charge is -2.22. The second kappa shape index (κ2) is 10.9. The number of methoxy groups -OCH3 is 1. The van der Waals surface area contributed by atoms with E-state index in [9.17, 15) is 0 Å². The van der Waals surface area contributed by atoms with Crippen LogP contribution in [0.5, 0.6) is 11.5 Å². The summed E-state index contributed by atoms with van der Waals surface area (Å²) in [7, 11) is 1.65. The maximum Gasteiger partial charge on any atom is 0.161 e. The zero-order valence-corrected chi connectivity index (χ0v) is 17.7. The van der Waals surface area contributed by atoms with Crippen LogP contribution >= 0.6 is 23.2 Å². The Morgan fingerprint density at radius 1 is 1.07 bits per heavy atom. The van der Waals surface area contributed by atoms with E-state index in [0.29, 0.717) is 28.2 Å². The number of ether oxygens (including phenoxy) is 3. The van der Waals surface area contributed by atoms with Crippen LogP contribution in [-0.4, -0.2) is 46.5 Å². The SMILES string of the molecule is COc1cc(C[NH2+]CC[NH+]2CCOCC2)ccc1OCc1c(Cl)cccc1Cl. The van der Waals surface area contributed by atoms with Gasteiger partial charge in [0.2, 0.25) is 0 Å². The number of hydrogen-bond donors (Lipinski definition) is 2. The third kappa shape index (κ3) is 6.00. The first-order valence-corrected chi connectivity index (χ1v) is 10.4. The highest BCUT2D eigenvalue weighted by atomic mass is 35.5. The van der Waals surface area contributed by atoms with E-state index in [-0.39, 0.29) is 0 Å². The number of quaternary nitrogens is 2. The van der Waals surface area contributed by atoms with E-state index in [1.165, 1.54) is 12.1 Å². The van der Waals surface area contributed by atoms with Crippen molar-refractivity contribution >= 4 is 23.2 Å². The number of hydrogen-bond acceptors (Lipinski definition) is 3. The first-order chi connectivity index (χ1) is 13.7. The maximum absolute atomic E-state index is 6.21. The Kier molecular flexibility index (Phi) is 8.25. The molecule has 152 valence electrons. The lowest BCUT2D eigenvalue weighted by Crippen LogP contribution is -3.16. The molecule has 0 atom stereocenters. The second-order valence-electron chi connectivity index (χ2n) is 6.87. The van der Waals surface area contributed by atoms with Crippen LogP contribution in [0.4, 0.5) is 0 Å². The Morgan fingerprint density at radius 2 is 1.82 bits per heavy atom. The summed E-state index contributed by atoms with van der Waals surface area (Å²) in [5.41, 5.74) is 1.98. The molecule has 0 amide bonds. The van der Waals surface area contributed by atoms with Gasteiger partial charge >= 0.3 is 0 Å². The van der Waals surface area contributed by atoms with Gasteiger partial charge < -0.3 is 24.4 Å². The average Bonchev–Trinajstić information content (AvgIpc) is 2.72. The minimum atomic E-state index is 0.294. The lowest BCUT2D eigenvalue weighted by atomic mass is 10.2. The zero-order valence-electron chi connectivity index (χ0n) is 16.2. The summed E-state index contributed by atoms with van der Waals surface area (Å²) in [4.78, 5) is 1.63. The van der Waals surface area contributed by atoms with Crippen molar-refractivity contribution in [3.8, 4) is 11.5 Å². The molecule has 0 bridgehead atoms. The molecule has 2 aromatic rings. The van der Waals surface area contributed by atoms with E-state index in [1.807, 2.05) is 18.2 Å². The smallest absolute Gasteiger partial charge is 0.161 e. The molecule has 1 heterocycles. The van der Waals surface area contributed by atoms with Gasteiger partial charge in [-0.3, -0.25) is 0 Å². The molecule has 1 aliphatic rings. The normalized spacial score (nSPS) is 14.8. The first-order valence-electron chi connectivity index (χ1n) is 9.63. The Balaban J connectivity index is 1.51. The average molecular weight is 427 g/mol. The Morgan fingerprint density at radius 3 is 2.54 bits per heavy atom. The molecule has 1 fully saturated rings. The van der Waals surface area contributed by atoms with Crippen molar-refractivity contribution in [3.63, 3.8) is 0 Å². The van der Waals surface area contributed by atoms with E-state index in [0.717, 1.165) is 45.0 Å². The van der Waals surface area contributed by atoms with Crippen molar-refractivity contribution in [2.75, 3.05) is 46.5 Å². The summed E-state index contributed by atoms with van der Waals surface area (Å²) in [6.07, 6.45) is 0. The lowest BCUT2D eigenvalue weighted by molar-refractivity contribution is -0.920. The molecule has 3 N–H and O–H groups in total. The number of benzene rings is 2. The van der Waals surface area contributed by atoms with Gasteiger partial charge in [0.15, 0.2) is 11.5 Å². The second-order valence-corrected chi connectivity index (χ2v) is 7.68. The highest BCUT2D eigenvalue weighted by Gasteiger charge is 2.14. The fourth-order valence-corrected chi connectivity index (χ4v) is 3.77.